The zero-order valence-electron chi connectivity index (χ0n) is 15.8. The first-order valence-electron chi connectivity index (χ1n) is 9.47. The molecular formula is C21H22Cl2N4OS. The summed E-state index contributed by atoms with van der Waals surface area (Å²) < 4.78 is 0. The Balaban J connectivity index is 1.50. The average molecular weight is 449 g/mol. The number of rotatable bonds is 5. The fraction of sp³-hybridized carbons (Fsp3) is 0.286. The van der Waals surface area contributed by atoms with E-state index in [-0.39, 0.29) is 5.91 Å². The van der Waals surface area contributed by atoms with E-state index in [9.17, 15) is 4.79 Å². The van der Waals surface area contributed by atoms with Crippen molar-refractivity contribution in [3.8, 4) is 0 Å². The highest BCUT2D eigenvalue weighted by Gasteiger charge is 2.14. The van der Waals surface area contributed by atoms with Gasteiger partial charge in [0.15, 0.2) is 5.11 Å². The van der Waals surface area contributed by atoms with Gasteiger partial charge in [-0.05, 0) is 61.5 Å². The first-order valence-corrected chi connectivity index (χ1v) is 10.6. The van der Waals surface area contributed by atoms with Gasteiger partial charge in [-0.1, -0.05) is 48.5 Å². The molecule has 1 saturated carbocycles. The van der Waals surface area contributed by atoms with Crippen LogP contribution in [-0.2, 0) is 0 Å². The van der Waals surface area contributed by atoms with Crippen molar-refractivity contribution in [2.75, 3.05) is 5.32 Å². The molecule has 3 rings (SSSR count). The lowest BCUT2D eigenvalue weighted by molar-refractivity contribution is 0.0955. The second kappa shape index (κ2) is 10.6. The molecule has 8 heteroatoms. The molecule has 0 heterocycles. The van der Waals surface area contributed by atoms with E-state index in [1.807, 2.05) is 12.1 Å². The minimum Gasteiger partial charge on any atom is -0.360 e. The maximum atomic E-state index is 12.2. The molecular weight excluding hydrogens is 427 g/mol. The standard InChI is InChI=1S/C21H22Cl2N4OS/c22-16-9-6-15(19(23)12-16)13-24-27-20(28)14-7-10-18(11-8-14)26-21(29)25-17-4-2-1-3-5-17/h6-13,17H,1-5H2,(H,27,28)(H2,25,26,29). The number of nitrogens with one attached hydrogen (secondary N) is 3. The topological polar surface area (TPSA) is 65.5 Å². The van der Waals surface area contributed by atoms with E-state index < -0.39 is 0 Å². The predicted octanol–water partition coefficient (Wildman–Crippen LogP) is 5.38. The number of thiocarbonyl (C=S) groups is 1. The van der Waals surface area contributed by atoms with Crippen LogP contribution >= 0.6 is 35.4 Å². The highest BCUT2D eigenvalue weighted by Crippen LogP contribution is 2.19. The monoisotopic (exact) mass is 448 g/mol. The van der Waals surface area contributed by atoms with Crippen molar-refractivity contribution in [2.45, 2.75) is 38.1 Å². The molecule has 0 unspecified atom stereocenters. The van der Waals surface area contributed by atoms with E-state index in [0.29, 0.717) is 32.3 Å². The maximum absolute atomic E-state index is 12.2. The zero-order chi connectivity index (χ0) is 20.6. The number of amides is 1. The molecule has 1 fully saturated rings. The van der Waals surface area contributed by atoms with Gasteiger partial charge in [-0.3, -0.25) is 4.79 Å². The largest absolute Gasteiger partial charge is 0.360 e. The second-order valence-electron chi connectivity index (χ2n) is 6.88. The molecule has 2 aromatic rings. The van der Waals surface area contributed by atoms with Gasteiger partial charge >= 0.3 is 0 Å². The van der Waals surface area contributed by atoms with Crippen molar-refractivity contribution in [1.29, 1.82) is 0 Å². The van der Waals surface area contributed by atoms with Crippen LogP contribution in [0.4, 0.5) is 5.69 Å². The van der Waals surface area contributed by atoms with Crippen LogP contribution in [0.5, 0.6) is 0 Å². The van der Waals surface area contributed by atoms with Crippen molar-refractivity contribution >= 4 is 58.3 Å². The highest BCUT2D eigenvalue weighted by molar-refractivity contribution is 7.80. The van der Waals surface area contributed by atoms with Gasteiger partial charge < -0.3 is 10.6 Å². The number of benzene rings is 2. The molecule has 29 heavy (non-hydrogen) atoms. The van der Waals surface area contributed by atoms with E-state index in [0.717, 1.165) is 18.5 Å². The average Bonchev–Trinajstić information content (AvgIpc) is 2.71. The Hall–Kier alpha value is -2.15. The summed E-state index contributed by atoms with van der Waals surface area (Å²) in [6, 6.07) is 12.5. The summed E-state index contributed by atoms with van der Waals surface area (Å²) in [7, 11) is 0. The minimum atomic E-state index is -0.319. The van der Waals surface area contributed by atoms with Crippen LogP contribution in [0, 0.1) is 0 Å². The molecule has 0 radical (unpaired) electrons. The smallest absolute Gasteiger partial charge is 0.271 e. The molecule has 0 spiro atoms. The third kappa shape index (κ3) is 6.70. The molecule has 3 N–H and O–H groups in total. The van der Waals surface area contributed by atoms with Crippen molar-refractivity contribution < 1.29 is 4.79 Å². The molecule has 152 valence electrons. The Morgan fingerprint density at radius 2 is 1.79 bits per heavy atom. The summed E-state index contributed by atoms with van der Waals surface area (Å²) in [5.41, 5.74) is 4.46. The number of hydrogen-bond donors (Lipinski definition) is 3. The molecule has 0 bridgehead atoms. The number of halogens is 2. The van der Waals surface area contributed by atoms with Crippen molar-refractivity contribution in [3.63, 3.8) is 0 Å². The molecule has 1 aliphatic carbocycles. The number of carbonyl (C=O) groups excluding carboxylic acids is 1. The Morgan fingerprint density at radius 1 is 1.07 bits per heavy atom. The van der Waals surface area contributed by atoms with Gasteiger partial charge in [0.25, 0.3) is 5.91 Å². The van der Waals surface area contributed by atoms with Crippen molar-refractivity contribution in [3.05, 3.63) is 63.6 Å². The second-order valence-corrected chi connectivity index (χ2v) is 8.13. The Morgan fingerprint density at radius 3 is 2.48 bits per heavy atom. The van der Waals surface area contributed by atoms with Crippen LogP contribution in [0.3, 0.4) is 0 Å². The summed E-state index contributed by atoms with van der Waals surface area (Å²) >= 11 is 17.3. The van der Waals surface area contributed by atoms with Gasteiger partial charge in [0, 0.05) is 27.9 Å². The lowest BCUT2D eigenvalue weighted by Gasteiger charge is -2.24. The Kier molecular flexibility index (Phi) is 7.86. The quantitative estimate of drug-likeness (QED) is 0.326. The highest BCUT2D eigenvalue weighted by atomic mass is 35.5. The summed E-state index contributed by atoms with van der Waals surface area (Å²) in [6.07, 6.45) is 7.58. The van der Waals surface area contributed by atoms with E-state index in [4.69, 9.17) is 35.4 Å². The molecule has 2 aromatic carbocycles. The third-order valence-corrected chi connectivity index (χ3v) is 5.46. The molecule has 1 aliphatic rings. The minimum absolute atomic E-state index is 0.319. The van der Waals surface area contributed by atoms with Gasteiger partial charge in [0.05, 0.1) is 11.2 Å². The van der Waals surface area contributed by atoms with Gasteiger partial charge in [-0.2, -0.15) is 5.10 Å². The number of anilines is 1. The first-order chi connectivity index (χ1) is 14.0. The lowest BCUT2D eigenvalue weighted by Crippen LogP contribution is -2.38. The van der Waals surface area contributed by atoms with E-state index in [1.54, 1.807) is 30.3 Å². The maximum Gasteiger partial charge on any atom is 0.271 e. The van der Waals surface area contributed by atoms with E-state index in [2.05, 4.69) is 21.2 Å². The van der Waals surface area contributed by atoms with Crippen LogP contribution in [0.1, 0.15) is 48.0 Å². The van der Waals surface area contributed by atoms with Crippen LogP contribution in [-0.4, -0.2) is 23.3 Å². The molecule has 0 atom stereocenters. The first kappa shape index (κ1) is 21.6. The van der Waals surface area contributed by atoms with Gasteiger partial charge in [0.1, 0.15) is 0 Å². The SMILES string of the molecule is O=C(NN=Cc1ccc(Cl)cc1Cl)c1ccc(NC(=S)NC2CCCCC2)cc1. The normalized spacial score (nSPS) is 14.6. The van der Waals surface area contributed by atoms with Crippen LogP contribution < -0.4 is 16.1 Å². The fourth-order valence-electron chi connectivity index (χ4n) is 3.14. The number of hydrogen-bond acceptors (Lipinski definition) is 3. The third-order valence-electron chi connectivity index (χ3n) is 4.68. The van der Waals surface area contributed by atoms with Gasteiger partial charge in [-0.25, -0.2) is 5.43 Å². The summed E-state index contributed by atoms with van der Waals surface area (Å²) in [5.74, 6) is -0.319. The van der Waals surface area contributed by atoms with Crippen LogP contribution in [0.15, 0.2) is 47.6 Å². The predicted molar refractivity (Wildman–Crippen MR) is 124 cm³/mol. The number of hydrazone groups is 1. The molecule has 5 nitrogen and oxygen atoms in total. The van der Waals surface area contributed by atoms with Gasteiger partial charge in [-0.15, -0.1) is 0 Å². The Bertz CT molecular complexity index is 896. The molecule has 0 aromatic heterocycles. The van der Waals surface area contributed by atoms with Crippen LogP contribution in [0.2, 0.25) is 10.0 Å². The lowest BCUT2D eigenvalue weighted by atomic mass is 9.96. The summed E-state index contributed by atoms with van der Waals surface area (Å²) in [5, 5.41) is 12.1. The summed E-state index contributed by atoms with van der Waals surface area (Å²) in [4.78, 5) is 12.2. The van der Waals surface area contributed by atoms with Crippen LogP contribution in [0.25, 0.3) is 0 Å². The Labute approximate surface area is 185 Å². The van der Waals surface area contributed by atoms with Crippen molar-refractivity contribution in [2.24, 2.45) is 5.10 Å². The fourth-order valence-corrected chi connectivity index (χ4v) is 3.88. The van der Waals surface area contributed by atoms with Gasteiger partial charge in [0.2, 0.25) is 0 Å². The molecule has 0 saturated heterocycles. The van der Waals surface area contributed by atoms with E-state index in [1.165, 1.54) is 25.5 Å². The van der Waals surface area contributed by atoms with E-state index >= 15 is 0 Å². The molecule has 0 aliphatic heterocycles. The number of carbonyl (C=O) groups is 1. The molecule has 1 amide bonds. The number of nitrogens with zero attached hydrogens (tertiary/aromatic N) is 1. The van der Waals surface area contributed by atoms with Crippen molar-refractivity contribution in [1.82, 2.24) is 10.7 Å². The zero-order valence-corrected chi connectivity index (χ0v) is 18.1. The summed E-state index contributed by atoms with van der Waals surface area (Å²) in [6.45, 7) is 0.